The van der Waals surface area contributed by atoms with Crippen LogP contribution >= 0.6 is 0 Å². The second-order valence-corrected chi connectivity index (χ2v) is 16.5. The fourth-order valence-corrected chi connectivity index (χ4v) is 9.51. The first-order valence-corrected chi connectivity index (χ1v) is 19.5. The van der Waals surface area contributed by atoms with E-state index in [1.54, 1.807) is 0 Å². The average molecular weight is 718 g/mol. The van der Waals surface area contributed by atoms with Gasteiger partial charge in [0.25, 0.3) is 0 Å². The molecule has 3 aromatic heterocycles. The maximum absolute atomic E-state index is 5.42. The highest BCUT2D eigenvalue weighted by Crippen LogP contribution is 2.55. The van der Waals surface area contributed by atoms with Crippen LogP contribution in [0.3, 0.4) is 0 Å². The summed E-state index contributed by atoms with van der Waals surface area (Å²) in [5.74, 6) is 0. The molecule has 3 nitrogen and oxygen atoms in total. The molecule has 56 heavy (non-hydrogen) atoms. The summed E-state index contributed by atoms with van der Waals surface area (Å²) in [5, 5.41) is 4.86. The fraction of sp³-hybridized carbons (Fsp3) is 0.113. The van der Waals surface area contributed by atoms with Gasteiger partial charge in [-0.15, -0.1) is 0 Å². The zero-order chi connectivity index (χ0) is 37.8. The first-order chi connectivity index (χ1) is 27.3. The molecule has 0 amide bonds. The number of hydrogen-bond acceptors (Lipinski definition) is 3. The van der Waals surface area contributed by atoms with Gasteiger partial charge in [-0.05, 0) is 103 Å². The first kappa shape index (κ1) is 32.7. The van der Waals surface area contributed by atoms with Crippen molar-refractivity contribution in [1.29, 1.82) is 0 Å². The highest BCUT2D eigenvalue weighted by Gasteiger charge is 2.42. The Morgan fingerprint density at radius 2 is 0.964 bits per heavy atom. The largest absolute Gasteiger partial charge is 0.256 e. The lowest BCUT2D eigenvalue weighted by molar-refractivity contribution is 0.651. The SMILES string of the molecule is CC1(C)c2cc3c(cc2-c2ncccc21)C(C)(C)c1cc(-c2cc(-c4cccc(-c5cccc6ccccc56)c4)nc(-c4cccc5ccccc45)c2)cnc1-3. The van der Waals surface area contributed by atoms with Crippen LogP contribution in [0.4, 0.5) is 0 Å². The van der Waals surface area contributed by atoms with Crippen LogP contribution in [0.25, 0.3) is 88.8 Å². The Morgan fingerprint density at radius 1 is 0.375 bits per heavy atom. The van der Waals surface area contributed by atoms with Crippen LogP contribution in [-0.2, 0) is 10.8 Å². The third-order valence-corrected chi connectivity index (χ3v) is 12.5. The smallest absolute Gasteiger partial charge is 0.0746 e. The molecule has 0 atom stereocenters. The van der Waals surface area contributed by atoms with E-state index < -0.39 is 0 Å². The van der Waals surface area contributed by atoms with Gasteiger partial charge in [-0.3, -0.25) is 9.97 Å². The van der Waals surface area contributed by atoms with Crippen molar-refractivity contribution in [3.05, 3.63) is 186 Å². The lowest BCUT2D eigenvalue weighted by Gasteiger charge is -2.24. The van der Waals surface area contributed by atoms with Crippen LogP contribution < -0.4 is 0 Å². The van der Waals surface area contributed by atoms with Gasteiger partial charge in [0.05, 0.1) is 22.8 Å². The molecule has 2 aliphatic carbocycles. The minimum atomic E-state index is -0.245. The molecule has 11 rings (SSSR count). The third-order valence-electron chi connectivity index (χ3n) is 12.5. The van der Waals surface area contributed by atoms with Crippen molar-refractivity contribution in [3.63, 3.8) is 0 Å². The Morgan fingerprint density at radius 3 is 1.71 bits per heavy atom. The maximum atomic E-state index is 5.42. The Kier molecular flexibility index (Phi) is 6.94. The summed E-state index contributed by atoms with van der Waals surface area (Å²) >= 11 is 0. The van der Waals surface area contributed by atoms with Crippen molar-refractivity contribution >= 4 is 21.5 Å². The van der Waals surface area contributed by atoms with E-state index in [0.29, 0.717) is 0 Å². The number of aromatic nitrogens is 3. The normalized spacial score (nSPS) is 14.4. The lowest BCUT2D eigenvalue weighted by atomic mass is 9.79. The van der Waals surface area contributed by atoms with Crippen LogP contribution in [0, 0.1) is 0 Å². The summed E-state index contributed by atoms with van der Waals surface area (Å²) in [5.41, 5.74) is 18.1. The van der Waals surface area contributed by atoms with Gasteiger partial charge < -0.3 is 0 Å². The predicted molar refractivity (Wildman–Crippen MR) is 232 cm³/mol. The van der Waals surface area contributed by atoms with Crippen molar-refractivity contribution in [2.24, 2.45) is 0 Å². The Labute approximate surface area is 327 Å². The van der Waals surface area contributed by atoms with Crippen molar-refractivity contribution < 1.29 is 0 Å². The topological polar surface area (TPSA) is 38.7 Å². The number of benzene rings is 6. The van der Waals surface area contributed by atoms with Crippen LogP contribution in [0.15, 0.2) is 164 Å². The number of fused-ring (bicyclic) bond motifs is 8. The summed E-state index contributed by atoms with van der Waals surface area (Å²) < 4.78 is 0. The second kappa shape index (κ2) is 11.9. The molecule has 0 unspecified atom stereocenters. The summed E-state index contributed by atoms with van der Waals surface area (Å²) in [6, 6.07) is 55.0. The molecule has 3 heteroatoms. The molecule has 0 radical (unpaired) electrons. The quantitative estimate of drug-likeness (QED) is 0.182. The molecular weight excluding hydrogens is 679 g/mol. The van der Waals surface area contributed by atoms with Gasteiger partial charge in [0, 0.05) is 51.0 Å². The van der Waals surface area contributed by atoms with Crippen molar-refractivity contribution in [3.8, 4) is 67.3 Å². The highest BCUT2D eigenvalue weighted by molar-refractivity contribution is 5.99. The van der Waals surface area contributed by atoms with E-state index in [4.69, 9.17) is 15.0 Å². The minimum absolute atomic E-state index is 0.128. The van der Waals surface area contributed by atoms with Crippen molar-refractivity contribution in [2.45, 2.75) is 38.5 Å². The molecule has 266 valence electrons. The molecule has 3 heterocycles. The Hall–Kier alpha value is -6.71. The molecular formula is C53H39N3. The number of rotatable bonds is 4. The molecule has 0 N–H and O–H groups in total. The Bertz CT molecular complexity index is 3090. The number of nitrogens with zero attached hydrogens (tertiary/aromatic N) is 3. The van der Waals surface area contributed by atoms with Crippen molar-refractivity contribution in [1.82, 2.24) is 15.0 Å². The van der Waals surface area contributed by atoms with Crippen LogP contribution in [0.2, 0.25) is 0 Å². The summed E-state index contributed by atoms with van der Waals surface area (Å²) in [4.78, 5) is 15.6. The molecule has 0 bridgehead atoms. The van der Waals surface area contributed by atoms with Gasteiger partial charge in [0.1, 0.15) is 0 Å². The van der Waals surface area contributed by atoms with E-state index in [2.05, 4.69) is 186 Å². The molecule has 0 saturated heterocycles. The Balaban J connectivity index is 1.08. The monoisotopic (exact) mass is 717 g/mol. The average Bonchev–Trinajstić information content (AvgIpc) is 3.61. The van der Waals surface area contributed by atoms with E-state index in [-0.39, 0.29) is 10.8 Å². The standard InChI is InChI=1S/C53H39N3/c1-52(2)44-23-12-24-54-50(44)42-29-46-43(30-45(42)52)51-47(53(46,3)4)26-37(31-55-51)36-27-48(56-49(28-36)41-22-11-16-33-14-6-8-20-39(33)41)35-18-9-17-34(25-35)40-21-10-15-32-13-5-7-19-38(32)40/h5-31H,1-4H3. The number of hydrogen-bond donors (Lipinski definition) is 0. The number of pyridine rings is 3. The summed E-state index contributed by atoms with van der Waals surface area (Å²) in [7, 11) is 0. The molecule has 0 spiro atoms. The molecule has 0 fully saturated rings. The summed E-state index contributed by atoms with van der Waals surface area (Å²) in [6.45, 7) is 9.31. The minimum Gasteiger partial charge on any atom is -0.256 e. The van der Waals surface area contributed by atoms with Crippen LogP contribution in [0.5, 0.6) is 0 Å². The van der Waals surface area contributed by atoms with Crippen molar-refractivity contribution in [2.75, 3.05) is 0 Å². The van der Waals surface area contributed by atoms with E-state index in [9.17, 15) is 0 Å². The zero-order valence-electron chi connectivity index (χ0n) is 31.9. The third kappa shape index (κ3) is 4.80. The molecule has 2 aliphatic rings. The van der Waals surface area contributed by atoms with Crippen LogP contribution in [-0.4, -0.2) is 15.0 Å². The predicted octanol–water partition coefficient (Wildman–Crippen LogP) is 13.5. The fourth-order valence-electron chi connectivity index (χ4n) is 9.51. The second-order valence-electron chi connectivity index (χ2n) is 16.5. The molecule has 9 aromatic rings. The van der Waals surface area contributed by atoms with E-state index >= 15 is 0 Å². The molecule has 0 aliphatic heterocycles. The van der Waals surface area contributed by atoms with Gasteiger partial charge in [0.15, 0.2) is 0 Å². The lowest BCUT2D eigenvalue weighted by Crippen LogP contribution is -2.17. The maximum Gasteiger partial charge on any atom is 0.0746 e. The highest BCUT2D eigenvalue weighted by atomic mass is 14.7. The van der Waals surface area contributed by atoms with E-state index in [0.717, 1.165) is 45.0 Å². The van der Waals surface area contributed by atoms with Gasteiger partial charge in [-0.2, -0.15) is 0 Å². The zero-order valence-corrected chi connectivity index (χ0v) is 31.9. The summed E-state index contributed by atoms with van der Waals surface area (Å²) in [6.07, 6.45) is 3.98. The van der Waals surface area contributed by atoms with Gasteiger partial charge in [-0.1, -0.05) is 137 Å². The molecule has 0 saturated carbocycles. The van der Waals surface area contributed by atoms with E-state index in [1.807, 2.05) is 6.20 Å². The molecule has 6 aromatic carbocycles. The van der Waals surface area contributed by atoms with Gasteiger partial charge in [-0.25, -0.2) is 4.98 Å². The van der Waals surface area contributed by atoms with Crippen LogP contribution in [0.1, 0.15) is 49.9 Å². The van der Waals surface area contributed by atoms with Gasteiger partial charge >= 0.3 is 0 Å². The van der Waals surface area contributed by atoms with E-state index in [1.165, 1.54) is 66.1 Å². The van der Waals surface area contributed by atoms with Gasteiger partial charge in [0.2, 0.25) is 0 Å². The first-order valence-electron chi connectivity index (χ1n) is 19.5.